The molecule has 0 aliphatic carbocycles. The van der Waals surface area contributed by atoms with E-state index < -0.39 is 0 Å². The second kappa shape index (κ2) is 5.23. The average molecular weight is 239 g/mol. The molecule has 1 heterocycles. The summed E-state index contributed by atoms with van der Waals surface area (Å²) in [5, 5.41) is 0. The maximum absolute atomic E-state index is 11.1. The fraction of sp³-hybridized carbons (Fsp3) is 0.364. The largest absolute Gasteiger partial charge is 0.482 e. The molecule has 16 heavy (non-hydrogen) atoms. The summed E-state index contributed by atoms with van der Waals surface area (Å²) in [6.45, 7) is 2.95. The lowest BCUT2D eigenvalue weighted by Gasteiger charge is -2.06. The molecule has 0 saturated heterocycles. The van der Waals surface area contributed by atoms with Crippen LogP contribution in [0.1, 0.15) is 12.5 Å². The maximum atomic E-state index is 11.1. The van der Waals surface area contributed by atoms with E-state index in [-0.39, 0.29) is 12.6 Å². The minimum atomic E-state index is -0.338. The molecule has 2 rings (SSSR count). The minimum Gasteiger partial charge on any atom is -0.482 e. The third-order valence-electron chi connectivity index (χ3n) is 2.14. The maximum Gasteiger partial charge on any atom is 0.344 e. The second-order valence-corrected chi connectivity index (χ2v) is 4.22. The van der Waals surface area contributed by atoms with Crippen molar-refractivity contribution in [1.29, 1.82) is 0 Å². The summed E-state index contributed by atoms with van der Waals surface area (Å²) in [6, 6.07) is 5.79. The summed E-state index contributed by atoms with van der Waals surface area (Å²) in [4.78, 5) is 12.3. The van der Waals surface area contributed by atoms with Gasteiger partial charge in [-0.1, -0.05) is 0 Å². The number of rotatable bonds is 4. The van der Waals surface area contributed by atoms with Crippen LogP contribution in [0.2, 0.25) is 0 Å². The highest BCUT2D eigenvalue weighted by Gasteiger charge is 2.12. The monoisotopic (exact) mass is 239 g/mol. The molecular formula is C11H13NO3S. The average Bonchev–Trinajstić information content (AvgIpc) is 2.74. The van der Waals surface area contributed by atoms with Crippen LogP contribution in [0.5, 0.6) is 5.75 Å². The molecule has 0 bridgehead atoms. The van der Waals surface area contributed by atoms with Crippen LogP contribution in [-0.4, -0.2) is 19.2 Å². The van der Waals surface area contributed by atoms with Crippen molar-refractivity contribution >= 4 is 17.9 Å². The van der Waals surface area contributed by atoms with Gasteiger partial charge in [-0.3, -0.25) is 4.72 Å². The van der Waals surface area contributed by atoms with Crippen molar-refractivity contribution in [2.24, 2.45) is 0 Å². The molecule has 0 radical (unpaired) electrons. The van der Waals surface area contributed by atoms with Crippen LogP contribution in [0.3, 0.4) is 0 Å². The first-order valence-corrected chi connectivity index (χ1v) is 5.92. The van der Waals surface area contributed by atoms with Crippen molar-refractivity contribution in [3.8, 4) is 5.75 Å². The van der Waals surface area contributed by atoms with Crippen molar-refractivity contribution in [3.63, 3.8) is 0 Å². The van der Waals surface area contributed by atoms with Gasteiger partial charge in [0.05, 0.1) is 6.61 Å². The lowest BCUT2D eigenvalue weighted by molar-refractivity contribution is -0.145. The quantitative estimate of drug-likeness (QED) is 0.640. The molecule has 1 aromatic carbocycles. The zero-order valence-electron chi connectivity index (χ0n) is 8.99. The zero-order valence-corrected chi connectivity index (χ0v) is 9.80. The number of nitrogens with one attached hydrogen (secondary N) is 1. The van der Waals surface area contributed by atoms with Crippen molar-refractivity contribution in [3.05, 3.63) is 23.8 Å². The number of carbonyl (C=O) groups is 1. The predicted molar refractivity (Wildman–Crippen MR) is 61.3 cm³/mol. The molecule has 0 fully saturated rings. The van der Waals surface area contributed by atoms with Crippen LogP contribution >= 0.6 is 11.9 Å². The Hall–Kier alpha value is -1.20. The smallest absolute Gasteiger partial charge is 0.344 e. The van der Waals surface area contributed by atoms with Crippen LogP contribution in [0.15, 0.2) is 23.1 Å². The molecule has 1 aliphatic heterocycles. The Morgan fingerprint density at radius 1 is 1.56 bits per heavy atom. The van der Waals surface area contributed by atoms with Gasteiger partial charge in [-0.25, -0.2) is 4.79 Å². The molecule has 5 heteroatoms. The van der Waals surface area contributed by atoms with Gasteiger partial charge in [0.15, 0.2) is 6.61 Å². The first-order valence-electron chi connectivity index (χ1n) is 5.10. The molecule has 0 amide bonds. The third kappa shape index (κ3) is 2.68. The van der Waals surface area contributed by atoms with Crippen molar-refractivity contribution in [1.82, 2.24) is 4.72 Å². The molecule has 1 aliphatic rings. The SMILES string of the molecule is CCOC(=O)COc1ccc2c(c1)CNS2. The summed E-state index contributed by atoms with van der Waals surface area (Å²) >= 11 is 1.61. The summed E-state index contributed by atoms with van der Waals surface area (Å²) in [5.41, 5.74) is 1.20. The first-order chi connectivity index (χ1) is 7.79. The van der Waals surface area contributed by atoms with Crippen LogP contribution in [0.25, 0.3) is 0 Å². The Kier molecular flexibility index (Phi) is 3.69. The van der Waals surface area contributed by atoms with E-state index >= 15 is 0 Å². The Morgan fingerprint density at radius 2 is 2.44 bits per heavy atom. The van der Waals surface area contributed by atoms with E-state index in [9.17, 15) is 4.79 Å². The minimum absolute atomic E-state index is 0.0345. The highest BCUT2D eigenvalue weighted by molar-refractivity contribution is 7.97. The summed E-state index contributed by atoms with van der Waals surface area (Å²) in [5.74, 6) is 0.367. The van der Waals surface area contributed by atoms with Gasteiger partial charge in [0.1, 0.15) is 5.75 Å². The van der Waals surface area contributed by atoms with Gasteiger partial charge in [-0.2, -0.15) is 0 Å². The van der Waals surface area contributed by atoms with Crippen molar-refractivity contribution in [2.75, 3.05) is 13.2 Å². The van der Waals surface area contributed by atoms with Gasteiger partial charge in [-0.05, 0) is 42.6 Å². The summed E-state index contributed by atoms with van der Waals surface area (Å²) < 4.78 is 13.3. The number of fused-ring (bicyclic) bond motifs is 1. The van der Waals surface area contributed by atoms with Crippen LogP contribution in [-0.2, 0) is 16.1 Å². The molecule has 0 unspecified atom stereocenters. The number of esters is 1. The number of hydrogen-bond donors (Lipinski definition) is 1. The zero-order chi connectivity index (χ0) is 11.4. The number of benzene rings is 1. The Morgan fingerprint density at radius 3 is 3.25 bits per heavy atom. The fourth-order valence-electron chi connectivity index (χ4n) is 1.42. The van der Waals surface area contributed by atoms with Gasteiger partial charge in [0.2, 0.25) is 0 Å². The lowest BCUT2D eigenvalue weighted by atomic mass is 10.2. The Labute approximate surface area is 98.4 Å². The van der Waals surface area contributed by atoms with E-state index in [0.717, 1.165) is 6.54 Å². The highest BCUT2D eigenvalue weighted by atomic mass is 32.2. The van der Waals surface area contributed by atoms with E-state index in [2.05, 4.69) is 4.72 Å². The van der Waals surface area contributed by atoms with E-state index in [0.29, 0.717) is 12.4 Å². The van der Waals surface area contributed by atoms with Gasteiger partial charge >= 0.3 is 5.97 Å². The van der Waals surface area contributed by atoms with Gasteiger partial charge in [0.25, 0.3) is 0 Å². The van der Waals surface area contributed by atoms with Crippen LogP contribution < -0.4 is 9.46 Å². The van der Waals surface area contributed by atoms with Crippen LogP contribution in [0.4, 0.5) is 0 Å². The molecule has 0 saturated carbocycles. The summed E-state index contributed by atoms with van der Waals surface area (Å²) in [7, 11) is 0. The molecule has 86 valence electrons. The molecule has 4 nitrogen and oxygen atoms in total. The van der Waals surface area contributed by atoms with Crippen LogP contribution in [0, 0.1) is 0 Å². The molecule has 1 N–H and O–H groups in total. The van der Waals surface area contributed by atoms with Crippen molar-refractivity contribution < 1.29 is 14.3 Å². The lowest BCUT2D eigenvalue weighted by Crippen LogP contribution is -2.14. The normalized spacial score (nSPS) is 13.3. The predicted octanol–water partition coefficient (Wildman–Crippen LogP) is 1.74. The number of carbonyl (C=O) groups excluding carboxylic acids is 1. The molecule has 0 atom stereocenters. The van der Waals surface area contributed by atoms with E-state index in [4.69, 9.17) is 9.47 Å². The second-order valence-electron chi connectivity index (χ2n) is 3.29. The first kappa shape index (κ1) is 11.3. The topological polar surface area (TPSA) is 47.6 Å². The third-order valence-corrected chi connectivity index (χ3v) is 3.05. The standard InChI is InChI=1S/C11H13NO3S/c1-2-14-11(13)7-15-9-3-4-10-8(5-9)6-12-16-10/h3-5,12H,2,6-7H2,1H3. The molecular weight excluding hydrogens is 226 g/mol. The Bertz CT molecular complexity index is 395. The van der Waals surface area contributed by atoms with Crippen molar-refractivity contribution in [2.45, 2.75) is 18.4 Å². The van der Waals surface area contributed by atoms with Gasteiger partial charge in [-0.15, -0.1) is 0 Å². The van der Waals surface area contributed by atoms with Gasteiger partial charge < -0.3 is 9.47 Å². The molecule has 1 aromatic rings. The number of ether oxygens (including phenoxy) is 2. The highest BCUT2D eigenvalue weighted by Crippen LogP contribution is 2.30. The fourth-order valence-corrected chi connectivity index (χ4v) is 2.20. The van der Waals surface area contributed by atoms with Gasteiger partial charge in [0, 0.05) is 11.4 Å². The molecule has 0 spiro atoms. The van der Waals surface area contributed by atoms with E-state index in [1.807, 2.05) is 18.2 Å². The summed E-state index contributed by atoms with van der Waals surface area (Å²) in [6.07, 6.45) is 0. The van der Waals surface area contributed by atoms with E-state index in [1.165, 1.54) is 10.5 Å². The number of hydrogen-bond acceptors (Lipinski definition) is 5. The Balaban J connectivity index is 1.93. The van der Waals surface area contributed by atoms with E-state index in [1.54, 1.807) is 18.9 Å². The molecule has 0 aromatic heterocycles.